The molecule has 2 N–H and O–H groups in total. The molecular formula is C20H27N5O4. The average Bonchev–Trinajstić information content (AvgIpc) is 3.06. The van der Waals surface area contributed by atoms with Gasteiger partial charge in [-0.3, -0.25) is 13.9 Å². The molecule has 29 heavy (non-hydrogen) atoms. The number of aliphatic hydroxyl groups is 1. The standard InChI is InChI=1S/C20H27N5O4/c1-5-10-21-19-22-17-16(18(27)24(4)20(28)23(17)3)25(19)11-14(26)12-29-15-9-7-6-8-13(15)2/h6-9,14,26H,5,10-12H2,1-4H3,(H,21,22)/t14-/m0/s1. The molecule has 0 fully saturated rings. The lowest BCUT2D eigenvalue weighted by Crippen LogP contribution is -2.38. The molecule has 0 aliphatic carbocycles. The van der Waals surface area contributed by atoms with Crippen molar-refractivity contribution in [1.29, 1.82) is 0 Å². The fourth-order valence-electron chi connectivity index (χ4n) is 3.16. The van der Waals surface area contributed by atoms with Gasteiger partial charge in [0.1, 0.15) is 18.5 Å². The van der Waals surface area contributed by atoms with E-state index < -0.39 is 17.4 Å². The number of anilines is 1. The van der Waals surface area contributed by atoms with Gasteiger partial charge in [-0.1, -0.05) is 25.1 Å². The van der Waals surface area contributed by atoms with Crippen LogP contribution in [-0.4, -0.2) is 43.0 Å². The van der Waals surface area contributed by atoms with Crippen molar-refractivity contribution in [3.05, 3.63) is 50.7 Å². The van der Waals surface area contributed by atoms with Crippen molar-refractivity contribution in [2.24, 2.45) is 14.1 Å². The van der Waals surface area contributed by atoms with E-state index in [0.717, 1.165) is 16.6 Å². The van der Waals surface area contributed by atoms with Crippen LogP contribution in [0.3, 0.4) is 0 Å². The molecule has 0 unspecified atom stereocenters. The van der Waals surface area contributed by atoms with Gasteiger partial charge in [-0.2, -0.15) is 4.98 Å². The molecule has 0 aliphatic rings. The van der Waals surface area contributed by atoms with Crippen LogP contribution in [0.4, 0.5) is 5.95 Å². The molecule has 9 heteroatoms. The number of hydrogen-bond donors (Lipinski definition) is 2. The van der Waals surface area contributed by atoms with E-state index in [9.17, 15) is 14.7 Å². The predicted octanol–water partition coefficient (Wildman–Crippen LogP) is 1.00. The van der Waals surface area contributed by atoms with Crippen molar-refractivity contribution >= 4 is 17.1 Å². The molecule has 1 atom stereocenters. The first-order valence-corrected chi connectivity index (χ1v) is 9.61. The van der Waals surface area contributed by atoms with Crippen LogP contribution in [0.1, 0.15) is 18.9 Å². The van der Waals surface area contributed by atoms with Gasteiger partial charge in [0.15, 0.2) is 11.2 Å². The van der Waals surface area contributed by atoms with Gasteiger partial charge in [-0.15, -0.1) is 0 Å². The summed E-state index contributed by atoms with van der Waals surface area (Å²) in [7, 11) is 3.00. The molecule has 0 saturated carbocycles. The predicted molar refractivity (Wildman–Crippen MR) is 112 cm³/mol. The third-order valence-corrected chi connectivity index (χ3v) is 4.80. The molecule has 0 amide bonds. The van der Waals surface area contributed by atoms with Gasteiger partial charge in [-0.25, -0.2) is 4.79 Å². The summed E-state index contributed by atoms with van der Waals surface area (Å²) in [5.74, 6) is 1.14. The number of aliphatic hydroxyl groups excluding tert-OH is 1. The number of nitrogens with one attached hydrogen (secondary N) is 1. The van der Waals surface area contributed by atoms with E-state index in [1.807, 2.05) is 38.1 Å². The van der Waals surface area contributed by atoms with Crippen molar-refractivity contribution in [1.82, 2.24) is 18.7 Å². The Morgan fingerprint density at radius 2 is 1.93 bits per heavy atom. The van der Waals surface area contributed by atoms with Crippen molar-refractivity contribution in [2.75, 3.05) is 18.5 Å². The maximum Gasteiger partial charge on any atom is 0.332 e. The van der Waals surface area contributed by atoms with Crippen LogP contribution >= 0.6 is 0 Å². The minimum absolute atomic E-state index is 0.0593. The first-order chi connectivity index (χ1) is 13.8. The summed E-state index contributed by atoms with van der Waals surface area (Å²) in [4.78, 5) is 29.4. The van der Waals surface area contributed by atoms with Gasteiger partial charge >= 0.3 is 5.69 Å². The molecule has 3 aromatic rings. The summed E-state index contributed by atoms with van der Waals surface area (Å²) in [5.41, 5.74) is 0.624. The summed E-state index contributed by atoms with van der Waals surface area (Å²) >= 11 is 0. The molecule has 156 valence electrons. The fourth-order valence-corrected chi connectivity index (χ4v) is 3.16. The van der Waals surface area contributed by atoms with Crippen LogP contribution in [0.25, 0.3) is 11.2 Å². The largest absolute Gasteiger partial charge is 0.491 e. The SMILES string of the molecule is CCCNc1nc2c(c(=O)n(C)c(=O)n2C)n1C[C@H](O)COc1ccccc1C. The van der Waals surface area contributed by atoms with E-state index in [4.69, 9.17) is 4.74 Å². The Morgan fingerprint density at radius 1 is 1.21 bits per heavy atom. The highest BCUT2D eigenvalue weighted by Gasteiger charge is 2.21. The number of imidazole rings is 1. The molecular weight excluding hydrogens is 374 g/mol. The van der Waals surface area contributed by atoms with Gasteiger partial charge < -0.3 is 19.7 Å². The van der Waals surface area contributed by atoms with Crippen LogP contribution in [0.5, 0.6) is 5.75 Å². The number of hydrogen-bond acceptors (Lipinski definition) is 6. The Bertz CT molecular complexity index is 1130. The Kier molecular flexibility index (Phi) is 6.07. The third kappa shape index (κ3) is 4.04. The minimum atomic E-state index is -0.879. The number of para-hydroxylation sites is 1. The lowest BCUT2D eigenvalue weighted by Gasteiger charge is -2.16. The molecule has 0 radical (unpaired) electrons. The molecule has 2 heterocycles. The van der Waals surface area contributed by atoms with Crippen LogP contribution in [-0.2, 0) is 20.6 Å². The second kappa shape index (κ2) is 8.52. The summed E-state index contributed by atoms with van der Waals surface area (Å²) in [6, 6.07) is 7.56. The highest BCUT2D eigenvalue weighted by Crippen LogP contribution is 2.19. The zero-order chi connectivity index (χ0) is 21.1. The molecule has 9 nitrogen and oxygen atoms in total. The van der Waals surface area contributed by atoms with Crippen molar-refractivity contribution < 1.29 is 9.84 Å². The monoisotopic (exact) mass is 401 g/mol. The van der Waals surface area contributed by atoms with Crippen LogP contribution in [0.2, 0.25) is 0 Å². The maximum atomic E-state index is 12.8. The fraction of sp³-hybridized carbons (Fsp3) is 0.450. The molecule has 2 aromatic heterocycles. The Morgan fingerprint density at radius 3 is 2.62 bits per heavy atom. The van der Waals surface area contributed by atoms with Crippen LogP contribution < -0.4 is 21.3 Å². The highest BCUT2D eigenvalue weighted by molar-refractivity contribution is 5.74. The van der Waals surface area contributed by atoms with Crippen molar-refractivity contribution in [2.45, 2.75) is 32.9 Å². The number of rotatable bonds is 8. The van der Waals surface area contributed by atoms with E-state index in [1.54, 1.807) is 11.6 Å². The van der Waals surface area contributed by atoms with Gasteiger partial charge in [-0.05, 0) is 25.0 Å². The van der Waals surface area contributed by atoms with Crippen molar-refractivity contribution in [3.8, 4) is 5.75 Å². The first kappa shape index (κ1) is 20.7. The smallest absolute Gasteiger partial charge is 0.332 e. The normalized spacial score (nSPS) is 12.3. The topological polar surface area (TPSA) is 103 Å². The second-order valence-electron chi connectivity index (χ2n) is 7.08. The van der Waals surface area contributed by atoms with Gasteiger partial charge in [0.05, 0.1) is 6.54 Å². The van der Waals surface area contributed by atoms with Gasteiger partial charge in [0, 0.05) is 20.6 Å². The molecule has 0 spiro atoms. The zero-order valence-electron chi connectivity index (χ0n) is 17.2. The minimum Gasteiger partial charge on any atom is -0.491 e. The van der Waals surface area contributed by atoms with E-state index in [-0.39, 0.29) is 24.3 Å². The summed E-state index contributed by atoms with van der Waals surface area (Å²) < 4.78 is 9.73. The zero-order valence-corrected chi connectivity index (χ0v) is 17.2. The Labute approximate surface area is 168 Å². The number of nitrogens with zero attached hydrogens (tertiary/aromatic N) is 4. The lowest BCUT2D eigenvalue weighted by atomic mass is 10.2. The number of aromatic nitrogens is 4. The molecule has 0 saturated heterocycles. The maximum absolute atomic E-state index is 12.8. The Hall–Kier alpha value is -3.07. The number of aryl methyl sites for hydroxylation is 2. The summed E-state index contributed by atoms with van der Waals surface area (Å²) in [6.45, 7) is 4.75. The molecule has 0 bridgehead atoms. The van der Waals surface area contributed by atoms with E-state index in [0.29, 0.717) is 18.2 Å². The van der Waals surface area contributed by atoms with Gasteiger partial charge in [0.2, 0.25) is 5.95 Å². The molecule has 1 aromatic carbocycles. The van der Waals surface area contributed by atoms with E-state index >= 15 is 0 Å². The summed E-state index contributed by atoms with van der Waals surface area (Å²) in [6.07, 6.45) is -0.0184. The highest BCUT2D eigenvalue weighted by atomic mass is 16.5. The van der Waals surface area contributed by atoms with E-state index in [2.05, 4.69) is 10.3 Å². The Balaban J connectivity index is 1.95. The van der Waals surface area contributed by atoms with Crippen molar-refractivity contribution in [3.63, 3.8) is 0 Å². The lowest BCUT2D eigenvalue weighted by molar-refractivity contribution is 0.0935. The quantitative estimate of drug-likeness (QED) is 0.584. The molecule has 0 aliphatic heterocycles. The second-order valence-corrected chi connectivity index (χ2v) is 7.08. The average molecular weight is 401 g/mol. The van der Waals surface area contributed by atoms with Crippen LogP contribution in [0.15, 0.2) is 33.9 Å². The summed E-state index contributed by atoms with van der Waals surface area (Å²) in [5, 5.41) is 13.8. The van der Waals surface area contributed by atoms with Crippen LogP contribution in [0, 0.1) is 6.92 Å². The number of fused-ring (bicyclic) bond motifs is 1. The first-order valence-electron chi connectivity index (χ1n) is 9.61. The molecule has 3 rings (SSSR count). The van der Waals surface area contributed by atoms with E-state index in [1.165, 1.54) is 11.6 Å². The number of benzene rings is 1. The van der Waals surface area contributed by atoms with Gasteiger partial charge in [0.25, 0.3) is 5.56 Å². The third-order valence-electron chi connectivity index (χ3n) is 4.80. The number of ether oxygens (including phenoxy) is 1.